The Hall–Kier alpha value is -2.99. The molecule has 0 radical (unpaired) electrons. The first-order valence-corrected chi connectivity index (χ1v) is 11.2. The van der Waals surface area contributed by atoms with E-state index in [-0.39, 0.29) is 10.5 Å². The van der Waals surface area contributed by atoms with Crippen molar-refractivity contribution in [2.45, 2.75) is 50.0 Å². The fourth-order valence-corrected chi connectivity index (χ4v) is 4.22. The number of hydrogen-bond donors (Lipinski definition) is 3. The number of nitrogens with two attached hydrogens (primary N) is 1. The maximum atomic E-state index is 12.7. The van der Waals surface area contributed by atoms with Gasteiger partial charge in [0.25, 0.3) is 11.8 Å². The van der Waals surface area contributed by atoms with E-state index in [0.717, 1.165) is 18.9 Å². The topological polar surface area (TPSA) is 165 Å². The molecule has 12 heteroatoms. The molecule has 3 rings (SSSR count). The minimum absolute atomic E-state index is 0.0791. The van der Waals surface area contributed by atoms with Gasteiger partial charge in [0.2, 0.25) is 10.0 Å². The number of carbonyl (C=O) groups is 4. The first-order chi connectivity index (χ1) is 14.4. The summed E-state index contributed by atoms with van der Waals surface area (Å²) in [5.41, 5.74) is 1.48. The van der Waals surface area contributed by atoms with Gasteiger partial charge >= 0.3 is 12.0 Å². The summed E-state index contributed by atoms with van der Waals surface area (Å²) in [6.07, 6.45) is 2.53. The Bertz CT molecular complexity index is 1050. The molecular weight excluding hydrogens is 428 g/mol. The summed E-state index contributed by atoms with van der Waals surface area (Å²) in [5, 5.41) is 8.33. The van der Waals surface area contributed by atoms with Gasteiger partial charge in [-0.2, -0.15) is 5.01 Å². The number of imide groups is 1. The van der Waals surface area contributed by atoms with E-state index in [4.69, 9.17) is 9.88 Å². The zero-order valence-electron chi connectivity index (χ0n) is 17.1. The monoisotopic (exact) mass is 452 g/mol. The number of urea groups is 1. The lowest BCUT2D eigenvalue weighted by atomic mass is 9.77. The number of nitrogens with one attached hydrogen (secondary N) is 2. The Morgan fingerprint density at radius 3 is 2.55 bits per heavy atom. The van der Waals surface area contributed by atoms with Gasteiger partial charge in [-0.3, -0.25) is 15.0 Å². The van der Waals surface area contributed by atoms with Crippen molar-refractivity contribution in [3.05, 3.63) is 29.3 Å². The molecule has 4 N–H and O–H groups in total. The van der Waals surface area contributed by atoms with Crippen LogP contribution in [-0.2, 0) is 24.3 Å². The molecule has 0 aromatic heterocycles. The van der Waals surface area contributed by atoms with Crippen molar-refractivity contribution in [3.8, 4) is 0 Å². The normalized spacial score (nSPS) is 23.6. The second-order valence-electron chi connectivity index (χ2n) is 7.97. The SMILES string of the molecule is Cc1ccc(S(N)(=O)=O)cc1C(=O)OCC(=O)NN1C(=O)NC2(CCC(C)CC2)C1=O. The fraction of sp³-hybridized carbons (Fsp3) is 0.474. The maximum Gasteiger partial charge on any atom is 0.344 e. The van der Waals surface area contributed by atoms with Gasteiger partial charge in [-0.15, -0.1) is 0 Å². The number of benzene rings is 1. The molecule has 1 aromatic carbocycles. The molecule has 1 saturated carbocycles. The summed E-state index contributed by atoms with van der Waals surface area (Å²) in [7, 11) is -4.03. The standard InChI is InChI=1S/C19H24N4O7S/c1-11-5-7-19(8-6-11)17(26)23(18(27)21-19)22-15(24)10-30-16(25)14-9-13(31(20,28)29)4-3-12(14)2/h3-4,9,11H,5-8,10H2,1-2H3,(H,21,27)(H,22,24)(H2,20,28,29). The van der Waals surface area contributed by atoms with Gasteiger partial charge < -0.3 is 10.1 Å². The molecule has 1 heterocycles. The molecule has 1 aromatic rings. The van der Waals surface area contributed by atoms with E-state index in [0.29, 0.717) is 29.3 Å². The molecular formula is C19H24N4O7S. The Kier molecular flexibility index (Phi) is 6.05. The molecule has 11 nitrogen and oxygen atoms in total. The van der Waals surface area contributed by atoms with Crippen LogP contribution < -0.4 is 15.9 Å². The molecule has 4 amide bonds. The number of rotatable bonds is 5. The number of primary sulfonamides is 1. The maximum absolute atomic E-state index is 12.7. The summed E-state index contributed by atoms with van der Waals surface area (Å²) >= 11 is 0. The Morgan fingerprint density at radius 2 is 1.94 bits per heavy atom. The third-order valence-electron chi connectivity index (χ3n) is 5.62. The highest BCUT2D eigenvalue weighted by atomic mass is 32.2. The first-order valence-electron chi connectivity index (χ1n) is 9.70. The fourth-order valence-electron chi connectivity index (χ4n) is 3.68. The molecule has 1 spiro atoms. The lowest BCUT2D eigenvalue weighted by Crippen LogP contribution is -2.52. The molecule has 1 saturated heterocycles. The van der Waals surface area contributed by atoms with Gasteiger partial charge in [-0.05, 0) is 56.2 Å². The van der Waals surface area contributed by atoms with Crippen LogP contribution in [0.3, 0.4) is 0 Å². The van der Waals surface area contributed by atoms with Gasteiger partial charge in [-0.25, -0.2) is 23.1 Å². The minimum atomic E-state index is -4.03. The molecule has 31 heavy (non-hydrogen) atoms. The number of ether oxygens (including phenoxy) is 1. The van der Waals surface area contributed by atoms with Crippen LogP contribution in [0, 0.1) is 12.8 Å². The lowest BCUT2D eigenvalue weighted by molar-refractivity contribution is -0.141. The smallest absolute Gasteiger partial charge is 0.344 e. The van der Waals surface area contributed by atoms with E-state index in [9.17, 15) is 27.6 Å². The number of sulfonamides is 1. The predicted octanol–water partition coefficient (Wildman–Crippen LogP) is 0.331. The molecule has 0 atom stereocenters. The Labute approximate surface area is 179 Å². The lowest BCUT2D eigenvalue weighted by Gasteiger charge is -2.33. The third-order valence-corrected chi connectivity index (χ3v) is 6.53. The highest BCUT2D eigenvalue weighted by molar-refractivity contribution is 7.89. The largest absolute Gasteiger partial charge is 0.452 e. The van der Waals surface area contributed by atoms with Crippen LogP contribution in [0.1, 0.15) is 48.5 Å². The van der Waals surface area contributed by atoms with E-state index in [2.05, 4.69) is 17.7 Å². The van der Waals surface area contributed by atoms with Gasteiger partial charge in [-0.1, -0.05) is 13.0 Å². The van der Waals surface area contributed by atoms with Crippen molar-refractivity contribution in [3.63, 3.8) is 0 Å². The van der Waals surface area contributed by atoms with E-state index in [1.807, 2.05) is 0 Å². The van der Waals surface area contributed by atoms with Crippen molar-refractivity contribution in [1.82, 2.24) is 15.8 Å². The number of hydrogen-bond acceptors (Lipinski definition) is 7. The molecule has 0 bridgehead atoms. The Morgan fingerprint density at radius 1 is 1.29 bits per heavy atom. The quantitative estimate of drug-likeness (QED) is 0.428. The number of esters is 1. The Balaban J connectivity index is 1.61. The van der Waals surface area contributed by atoms with Crippen LogP contribution in [0.25, 0.3) is 0 Å². The van der Waals surface area contributed by atoms with Crippen molar-refractivity contribution in [2.24, 2.45) is 11.1 Å². The molecule has 1 aliphatic carbocycles. The van der Waals surface area contributed by atoms with Crippen LogP contribution in [0.4, 0.5) is 4.79 Å². The number of carbonyl (C=O) groups excluding carboxylic acids is 4. The second kappa shape index (κ2) is 8.27. The number of aryl methyl sites for hydroxylation is 1. The molecule has 1 aliphatic heterocycles. The second-order valence-corrected chi connectivity index (χ2v) is 9.53. The number of nitrogens with zero attached hydrogens (tertiary/aromatic N) is 1. The summed E-state index contributed by atoms with van der Waals surface area (Å²) < 4.78 is 27.9. The summed E-state index contributed by atoms with van der Waals surface area (Å²) in [5.74, 6) is -1.93. The highest BCUT2D eigenvalue weighted by Gasteiger charge is 2.52. The summed E-state index contributed by atoms with van der Waals surface area (Å²) in [4.78, 5) is 49.1. The van der Waals surface area contributed by atoms with Crippen LogP contribution in [0.15, 0.2) is 23.1 Å². The van der Waals surface area contributed by atoms with Crippen LogP contribution >= 0.6 is 0 Å². The highest BCUT2D eigenvalue weighted by Crippen LogP contribution is 2.35. The average Bonchev–Trinajstić information content (AvgIpc) is 2.92. The van der Waals surface area contributed by atoms with Gasteiger partial charge in [0.15, 0.2) is 6.61 Å². The van der Waals surface area contributed by atoms with Crippen molar-refractivity contribution < 1.29 is 32.3 Å². The van der Waals surface area contributed by atoms with Crippen LogP contribution in [-0.4, -0.2) is 49.4 Å². The predicted molar refractivity (Wildman–Crippen MR) is 107 cm³/mol. The zero-order chi connectivity index (χ0) is 23.0. The van der Waals surface area contributed by atoms with Gasteiger partial charge in [0, 0.05) is 0 Å². The van der Waals surface area contributed by atoms with E-state index in [1.54, 1.807) is 6.92 Å². The van der Waals surface area contributed by atoms with Gasteiger partial charge in [0.1, 0.15) is 5.54 Å². The van der Waals surface area contributed by atoms with Gasteiger partial charge in [0.05, 0.1) is 10.5 Å². The van der Waals surface area contributed by atoms with Crippen LogP contribution in [0.2, 0.25) is 0 Å². The van der Waals surface area contributed by atoms with E-state index in [1.165, 1.54) is 12.1 Å². The van der Waals surface area contributed by atoms with E-state index < -0.39 is 46.0 Å². The molecule has 0 unspecified atom stereocenters. The van der Waals surface area contributed by atoms with E-state index >= 15 is 0 Å². The summed E-state index contributed by atoms with van der Waals surface area (Å²) in [6.45, 7) is 2.85. The average molecular weight is 452 g/mol. The minimum Gasteiger partial charge on any atom is -0.452 e. The number of amides is 4. The number of hydrazine groups is 1. The third kappa shape index (κ3) is 4.69. The zero-order valence-corrected chi connectivity index (χ0v) is 18.0. The molecule has 2 aliphatic rings. The van der Waals surface area contributed by atoms with Crippen molar-refractivity contribution >= 4 is 33.8 Å². The summed E-state index contributed by atoms with van der Waals surface area (Å²) in [6, 6.07) is 2.94. The molecule has 2 fully saturated rings. The van der Waals surface area contributed by atoms with Crippen LogP contribution in [0.5, 0.6) is 0 Å². The molecule has 168 valence electrons. The van der Waals surface area contributed by atoms with Crippen molar-refractivity contribution in [2.75, 3.05) is 6.61 Å². The first kappa shape index (κ1) is 22.7. The van der Waals surface area contributed by atoms with Crippen molar-refractivity contribution in [1.29, 1.82) is 0 Å².